The third kappa shape index (κ3) is 2.82. The molecule has 0 spiro atoms. The van der Waals surface area contributed by atoms with Gasteiger partial charge in [-0.3, -0.25) is 0 Å². The molecule has 1 atom stereocenters. The highest BCUT2D eigenvalue weighted by atomic mass is 19.4. The van der Waals surface area contributed by atoms with Gasteiger partial charge in [-0.05, 0) is 24.1 Å². The van der Waals surface area contributed by atoms with Crippen molar-refractivity contribution >= 4 is 5.69 Å². The molecule has 0 heterocycles. The lowest BCUT2D eigenvalue weighted by Crippen LogP contribution is -2.62. The highest BCUT2D eigenvalue weighted by molar-refractivity contribution is 5.50. The first kappa shape index (κ1) is 20.6. The molecule has 27 heavy (non-hydrogen) atoms. The molecule has 0 bridgehead atoms. The zero-order valence-corrected chi connectivity index (χ0v) is 14.4. The molecule has 0 aromatic heterocycles. The minimum absolute atomic E-state index is 0.0255. The van der Waals surface area contributed by atoms with E-state index >= 15 is 0 Å². The van der Waals surface area contributed by atoms with E-state index in [1.807, 2.05) is 0 Å². The molecule has 9 heteroatoms. The van der Waals surface area contributed by atoms with Crippen LogP contribution in [0.1, 0.15) is 17.9 Å². The van der Waals surface area contributed by atoms with Crippen LogP contribution in [-0.2, 0) is 0 Å². The standard InChI is InChI=1S/C18H15F6N3/c1-27(2)13-7-5-12(6-8-13)14-4-3-9-16(17(19,20)21,18(22,23)24)15(14,10-25)11-26/h3-8,14H,9H2,1-2H3. The molecule has 0 saturated carbocycles. The quantitative estimate of drug-likeness (QED) is 0.534. The van der Waals surface area contributed by atoms with E-state index in [2.05, 4.69) is 0 Å². The van der Waals surface area contributed by atoms with Gasteiger partial charge in [0.25, 0.3) is 0 Å². The van der Waals surface area contributed by atoms with Crippen LogP contribution < -0.4 is 4.90 Å². The van der Waals surface area contributed by atoms with Crippen LogP contribution in [0.25, 0.3) is 0 Å². The molecule has 0 N–H and O–H groups in total. The lowest BCUT2D eigenvalue weighted by molar-refractivity contribution is -0.365. The van der Waals surface area contributed by atoms with Crippen molar-refractivity contribution in [2.45, 2.75) is 24.7 Å². The molecule has 0 radical (unpaired) electrons. The molecule has 0 amide bonds. The van der Waals surface area contributed by atoms with Crippen molar-refractivity contribution in [1.29, 1.82) is 10.5 Å². The fourth-order valence-electron chi connectivity index (χ4n) is 3.49. The minimum atomic E-state index is -5.84. The first-order valence-electron chi connectivity index (χ1n) is 7.78. The first-order chi connectivity index (χ1) is 12.4. The van der Waals surface area contributed by atoms with Crippen LogP contribution in [0.5, 0.6) is 0 Å². The maximum Gasteiger partial charge on any atom is 0.406 e. The van der Waals surface area contributed by atoms with Crippen molar-refractivity contribution < 1.29 is 26.3 Å². The maximum atomic E-state index is 13.8. The van der Waals surface area contributed by atoms with Crippen LogP contribution in [0, 0.1) is 33.5 Å². The van der Waals surface area contributed by atoms with Gasteiger partial charge in [-0.25, -0.2) is 0 Å². The van der Waals surface area contributed by atoms with E-state index in [0.717, 1.165) is 24.3 Å². The van der Waals surface area contributed by atoms with Crippen molar-refractivity contribution in [1.82, 2.24) is 0 Å². The lowest BCUT2D eigenvalue weighted by atomic mass is 9.52. The van der Waals surface area contributed by atoms with E-state index in [9.17, 15) is 36.9 Å². The summed E-state index contributed by atoms with van der Waals surface area (Å²) in [7, 11) is 3.42. The Morgan fingerprint density at radius 2 is 1.44 bits per heavy atom. The Kier molecular flexibility index (Phi) is 4.96. The molecule has 0 saturated heterocycles. The van der Waals surface area contributed by atoms with Crippen LogP contribution >= 0.6 is 0 Å². The average molecular weight is 387 g/mol. The van der Waals surface area contributed by atoms with E-state index in [1.165, 1.54) is 24.3 Å². The van der Waals surface area contributed by atoms with Crippen LogP contribution in [0.15, 0.2) is 36.4 Å². The summed E-state index contributed by atoms with van der Waals surface area (Å²) >= 11 is 0. The number of nitriles is 2. The fraction of sp³-hybridized carbons (Fsp3) is 0.444. The number of hydrogen-bond donors (Lipinski definition) is 0. The molecule has 2 rings (SSSR count). The predicted molar refractivity (Wildman–Crippen MR) is 85.5 cm³/mol. The molecule has 1 aromatic rings. The van der Waals surface area contributed by atoms with Gasteiger partial charge in [0.05, 0.1) is 12.1 Å². The second-order valence-corrected chi connectivity index (χ2v) is 6.53. The summed E-state index contributed by atoms with van der Waals surface area (Å²) in [6.45, 7) is 0. The van der Waals surface area contributed by atoms with Crippen molar-refractivity contribution in [3.05, 3.63) is 42.0 Å². The topological polar surface area (TPSA) is 50.8 Å². The highest BCUT2D eigenvalue weighted by Gasteiger charge is 2.82. The molecule has 1 aliphatic rings. The lowest BCUT2D eigenvalue weighted by Gasteiger charge is -2.48. The second-order valence-electron chi connectivity index (χ2n) is 6.53. The van der Waals surface area contributed by atoms with Gasteiger partial charge in [0.2, 0.25) is 0 Å². The summed E-state index contributed by atoms with van der Waals surface area (Å²) in [6, 6.07) is 7.85. The molecule has 1 unspecified atom stereocenters. The predicted octanol–water partition coefficient (Wildman–Crippen LogP) is 4.94. The summed E-state index contributed by atoms with van der Waals surface area (Å²) in [5.41, 5.74) is -7.19. The zero-order valence-electron chi connectivity index (χ0n) is 14.4. The van der Waals surface area contributed by atoms with Gasteiger partial charge in [0.15, 0.2) is 10.8 Å². The van der Waals surface area contributed by atoms with E-state index in [4.69, 9.17) is 0 Å². The second kappa shape index (κ2) is 6.49. The number of benzene rings is 1. The number of allylic oxidation sites excluding steroid dienone is 2. The van der Waals surface area contributed by atoms with E-state index in [-0.39, 0.29) is 5.56 Å². The monoisotopic (exact) mass is 387 g/mol. The van der Waals surface area contributed by atoms with Gasteiger partial charge in [-0.1, -0.05) is 24.3 Å². The first-order valence-corrected chi connectivity index (χ1v) is 7.78. The Labute approximate surface area is 152 Å². The SMILES string of the molecule is CN(C)c1ccc(C2C=CCC(C(F)(F)F)(C(F)(F)F)C2(C#N)C#N)cc1. The normalized spacial score (nSPS) is 21.2. The minimum Gasteiger partial charge on any atom is -0.378 e. The van der Waals surface area contributed by atoms with Gasteiger partial charge < -0.3 is 4.90 Å². The summed E-state index contributed by atoms with van der Waals surface area (Å²) in [4.78, 5) is 1.69. The van der Waals surface area contributed by atoms with Gasteiger partial charge in [-0.2, -0.15) is 36.9 Å². The Hall–Kier alpha value is -2.68. The average Bonchev–Trinajstić information content (AvgIpc) is 2.58. The van der Waals surface area contributed by atoms with Crippen LogP contribution in [-0.4, -0.2) is 26.4 Å². The van der Waals surface area contributed by atoms with Gasteiger partial charge in [0, 0.05) is 25.7 Å². The fourth-order valence-corrected chi connectivity index (χ4v) is 3.49. The molecule has 144 valence electrons. The number of nitrogens with zero attached hydrogens (tertiary/aromatic N) is 3. The maximum absolute atomic E-state index is 13.8. The van der Waals surface area contributed by atoms with Crippen molar-refractivity contribution in [2.24, 2.45) is 10.8 Å². The Bertz CT molecular complexity index is 778. The van der Waals surface area contributed by atoms with E-state index < -0.39 is 35.5 Å². The Balaban J connectivity index is 2.78. The smallest absolute Gasteiger partial charge is 0.378 e. The molecule has 0 aliphatic heterocycles. The summed E-state index contributed by atoms with van der Waals surface area (Å²) in [5.74, 6) is -1.69. The molecule has 3 nitrogen and oxygen atoms in total. The zero-order chi connectivity index (χ0) is 20.7. The van der Waals surface area contributed by atoms with Crippen molar-refractivity contribution in [3.63, 3.8) is 0 Å². The molecule has 0 fully saturated rings. The summed E-state index contributed by atoms with van der Waals surface area (Å²) in [5, 5.41) is 18.9. The number of hydrogen-bond acceptors (Lipinski definition) is 3. The van der Waals surface area contributed by atoms with Crippen LogP contribution in [0.3, 0.4) is 0 Å². The van der Waals surface area contributed by atoms with Crippen molar-refractivity contribution in [3.8, 4) is 12.1 Å². The Morgan fingerprint density at radius 1 is 0.963 bits per heavy atom. The molecular formula is C18H15F6N3. The summed E-state index contributed by atoms with van der Waals surface area (Å²) in [6.07, 6.45) is -11.4. The molecule has 1 aliphatic carbocycles. The number of anilines is 1. The van der Waals surface area contributed by atoms with Crippen LogP contribution in [0.2, 0.25) is 0 Å². The molecular weight excluding hydrogens is 372 g/mol. The Morgan fingerprint density at radius 3 is 1.81 bits per heavy atom. The third-order valence-corrected chi connectivity index (χ3v) is 4.98. The van der Waals surface area contributed by atoms with E-state index in [1.54, 1.807) is 19.0 Å². The van der Waals surface area contributed by atoms with E-state index in [0.29, 0.717) is 5.69 Å². The number of alkyl halides is 6. The van der Waals surface area contributed by atoms with Gasteiger partial charge >= 0.3 is 12.4 Å². The summed E-state index contributed by atoms with van der Waals surface area (Å²) < 4.78 is 82.5. The number of halogens is 6. The van der Waals surface area contributed by atoms with Crippen LogP contribution in [0.4, 0.5) is 32.0 Å². The van der Waals surface area contributed by atoms with Gasteiger partial charge in [0.1, 0.15) is 0 Å². The highest BCUT2D eigenvalue weighted by Crippen LogP contribution is 2.67. The number of rotatable bonds is 2. The van der Waals surface area contributed by atoms with Crippen molar-refractivity contribution in [2.75, 3.05) is 19.0 Å². The van der Waals surface area contributed by atoms with Gasteiger partial charge in [-0.15, -0.1) is 0 Å². The third-order valence-electron chi connectivity index (χ3n) is 4.98. The molecule has 1 aromatic carbocycles. The largest absolute Gasteiger partial charge is 0.406 e.